The first kappa shape index (κ1) is 29.5. The smallest absolute Gasteiger partial charge is 0.261 e. The number of hydrogen-bond donors (Lipinski definition) is 0. The Morgan fingerprint density at radius 2 is 1.12 bits per heavy atom. The van der Waals surface area contributed by atoms with E-state index in [2.05, 4.69) is 177 Å². The van der Waals surface area contributed by atoms with E-state index in [0.717, 1.165) is 51.1 Å². The Hall–Kier alpha value is -6.26. The highest BCUT2D eigenvalue weighted by atomic mass is 16.5. The average Bonchev–Trinajstić information content (AvgIpc) is 3.37. The van der Waals surface area contributed by atoms with E-state index in [1.54, 1.807) is 0 Å². The summed E-state index contributed by atoms with van der Waals surface area (Å²) in [5.74, 6) is 3.62. The van der Waals surface area contributed by atoms with E-state index >= 15 is 0 Å². The number of nitrogens with zero attached hydrogens (tertiary/aromatic N) is 1. The van der Waals surface area contributed by atoms with Gasteiger partial charge >= 0.3 is 0 Å². The number of aryl methyl sites for hydroxylation is 1. The lowest BCUT2D eigenvalue weighted by molar-refractivity contribution is 0.464. The highest BCUT2D eigenvalue weighted by Crippen LogP contribution is 2.52. The minimum absolute atomic E-state index is 0.00222. The van der Waals surface area contributed by atoms with Crippen molar-refractivity contribution in [3.8, 4) is 34.1 Å². The van der Waals surface area contributed by atoms with Gasteiger partial charge < -0.3 is 14.4 Å². The number of anilines is 3. The summed E-state index contributed by atoms with van der Waals surface area (Å²) < 4.78 is 13.5. The van der Waals surface area contributed by atoms with Crippen LogP contribution in [-0.2, 0) is 5.41 Å². The van der Waals surface area contributed by atoms with Gasteiger partial charge in [-0.15, -0.1) is 0 Å². The lowest BCUT2D eigenvalue weighted by atomic mass is 9.34. The van der Waals surface area contributed by atoms with Crippen LogP contribution in [0.5, 0.6) is 23.0 Å². The van der Waals surface area contributed by atoms with Crippen LogP contribution in [0, 0.1) is 6.92 Å². The van der Waals surface area contributed by atoms with E-state index in [-0.39, 0.29) is 12.1 Å². The number of para-hydroxylation sites is 2. The molecule has 0 atom stereocenters. The molecule has 1 aliphatic carbocycles. The molecule has 11 rings (SSSR count). The fourth-order valence-electron chi connectivity index (χ4n) is 9.10. The van der Waals surface area contributed by atoms with Gasteiger partial charge in [-0.05, 0) is 140 Å². The van der Waals surface area contributed by atoms with E-state index in [4.69, 9.17) is 9.47 Å². The third kappa shape index (κ3) is 4.15. The fourth-order valence-corrected chi connectivity index (χ4v) is 9.10. The topological polar surface area (TPSA) is 21.7 Å². The first-order chi connectivity index (χ1) is 25.4. The van der Waals surface area contributed by atoms with Crippen molar-refractivity contribution in [2.24, 2.45) is 0 Å². The van der Waals surface area contributed by atoms with Gasteiger partial charge in [0.25, 0.3) is 6.71 Å². The molecule has 2 aliphatic heterocycles. The third-order valence-corrected chi connectivity index (χ3v) is 11.5. The Labute approximate surface area is 303 Å². The van der Waals surface area contributed by atoms with E-state index in [0.29, 0.717) is 0 Å². The maximum absolute atomic E-state index is 6.87. The summed E-state index contributed by atoms with van der Waals surface area (Å²) in [6.07, 6.45) is 0. The van der Waals surface area contributed by atoms with E-state index in [1.807, 2.05) is 0 Å². The molecule has 0 bridgehead atoms. The Morgan fingerprint density at radius 1 is 0.481 bits per heavy atom. The normalized spacial score (nSPS) is 14.1. The van der Waals surface area contributed by atoms with Gasteiger partial charge in [-0.1, -0.05) is 92.7 Å². The number of fused-ring (bicyclic) bond motifs is 10. The third-order valence-electron chi connectivity index (χ3n) is 11.5. The number of rotatable bonds is 3. The molecule has 0 spiro atoms. The summed E-state index contributed by atoms with van der Waals surface area (Å²) in [6.45, 7) is 6.86. The first-order valence-corrected chi connectivity index (χ1v) is 18.1. The molecule has 0 saturated heterocycles. The van der Waals surface area contributed by atoms with Crippen LogP contribution in [0.1, 0.15) is 30.5 Å². The summed E-state index contributed by atoms with van der Waals surface area (Å²) in [5.41, 5.74) is 13.1. The molecule has 246 valence electrons. The second-order valence-electron chi connectivity index (χ2n) is 15.0. The zero-order valence-electron chi connectivity index (χ0n) is 29.3. The maximum Gasteiger partial charge on any atom is 0.261 e. The van der Waals surface area contributed by atoms with Crippen LogP contribution in [0.15, 0.2) is 152 Å². The van der Waals surface area contributed by atoms with Crippen LogP contribution >= 0.6 is 0 Å². The lowest BCUT2D eigenvalue weighted by Crippen LogP contribution is -2.57. The molecule has 8 aromatic rings. The quantitative estimate of drug-likeness (QED) is 0.175. The van der Waals surface area contributed by atoms with Gasteiger partial charge in [-0.25, -0.2) is 0 Å². The monoisotopic (exact) mass is 667 g/mol. The molecule has 3 aliphatic rings. The molecule has 3 nitrogen and oxygen atoms in total. The predicted octanol–water partition coefficient (Wildman–Crippen LogP) is 10.8. The standard InChI is InChI=1S/C48H34BNO2/c1-29-22-44-47-45(23-29)52-43-27-38-37-25-31-18-20-35(50(33-13-6-4-7-14-33)34-15-8-5-9-16-34)24-32(31)26-39(37)48(2,3)40(38)28-41(43)49(47)46-36-17-11-10-12-30(36)19-21-42(46)51-44/h4-28H,1-3H3. The molecule has 0 saturated carbocycles. The molecular weight excluding hydrogens is 633 g/mol. The largest absolute Gasteiger partial charge is 0.458 e. The summed E-state index contributed by atoms with van der Waals surface area (Å²) in [6, 6.07) is 55.0. The van der Waals surface area contributed by atoms with E-state index in [9.17, 15) is 0 Å². The van der Waals surface area contributed by atoms with Crippen LogP contribution in [-0.4, -0.2) is 6.71 Å². The zero-order chi connectivity index (χ0) is 34.7. The zero-order valence-corrected chi connectivity index (χ0v) is 29.3. The molecule has 0 amide bonds. The van der Waals surface area contributed by atoms with E-state index in [1.165, 1.54) is 54.7 Å². The predicted molar refractivity (Wildman–Crippen MR) is 216 cm³/mol. The van der Waals surface area contributed by atoms with Crippen molar-refractivity contribution in [1.29, 1.82) is 0 Å². The molecule has 8 aromatic carbocycles. The molecule has 0 aromatic heterocycles. The highest BCUT2D eigenvalue weighted by Gasteiger charge is 2.44. The molecule has 0 N–H and O–H groups in total. The van der Waals surface area contributed by atoms with E-state index < -0.39 is 0 Å². The molecule has 52 heavy (non-hydrogen) atoms. The second-order valence-corrected chi connectivity index (χ2v) is 15.0. The summed E-state index contributed by atoms with van der Waals surface area (Å²) in [4.78, 5) is 2.33. The van der Waals surface area contributed by atoms with Crippen molar-refractivity contribution >= 4 is 61.7 Å². The minimum Gasteiger partial charge on any atom is -0.458 e. The van der Waals surface area contributed by atoms with Gasteiger partial charge in [0.1, 0.15) is 23.0 Å². The van der Waals surface area contributed by atoms with Crippen LogP contribution in [0.2, 0.25) is 0 Å². The Bertz CT molecular complexity index is 2750. The molecule has 0 fully saturated rings. The number of benzene rings is 8. The van der Waals surface area contributed by atoms with Gasteiger partial charge in [0.15, 0.2) is 0 Å². The Kier molecular flexibility index (Phi) is 6.03. The van der Waals surface area contributed by atoms with Crippen molar-refractivity contribution < 1.29 is 9.47 Å². The highest BCUT2D eigenvalue weighted by molar-refractivity contribution is 6.99. The van der Waals surface area contributed by atoms with Crippen molar-refractivity contribution in [3.63, 3.8) is 0 Å². The fraction of sp³-hybridized carbons (Fsp3) is 0.0833. The lowest BCUT2D eigenvalue weighted by Gasteiger charge is -2.35. The van der Waals surface area contributed by atoms with Crippen molar-refractivity contribution in [3.05, 3.63) is 168 Å². The van der Waals surface area contributed by atoms with Crippen molar-refractivity contribution in [2.45, 2.75) is 26.2 Å². The van der Waals surface area contributed by atoms with Crippen LogP contribution in [0.25, 0.3) is 32.7 Å². The SMILES string of the molecule is Cc1cc2c3c(c1)Oc1ccc4ccccc4c1B3c1cc3c(cc1O2)-c1cc2ccc(N(c4ccccc4)c4ccccc4)cc2cc1C3(C)C. The molecular formula is C48H34BNO2. The molecule has 4 heteroatoms. The number of hydrogen-bond acceptors (Lipinski definition) is 3. The molecule has 2 heterocycles. The van der Waals surface area contributed by atoms with Crippen molar-refractivity contribution in [1.82, 2.24) is 0 Å². The second kappa shape index (κ2) is 10.6. The summed E-state index contributed by atoms with van der Waals surface area (Å²) in [5, 5.41) is 4.89. The van der Waals surface area contributed by atoms with Crippen LogP contribution in [0.3, 0.4) is 0 Å². The first-order valence-electron chi connectivity index (χ1n) is 18.1. The molecule has 0 unspecified atom stereocenters. The minimum atomic E-state index is -0.217. The Balaban J connectivity index is 1.09. The summed E-state index contributed by atoms with van der Waals surface area (Å²) >= 11 is 0. The van der Waals surface area contributed by atoms with Gasteiger partial charge in [-0.3, -0.25) is 0 Å². The van der Waals surface area contributed by atoms with Gasteiger partial charge in [0.2, 0.25) is 0 Å². The number of ether oxygens (including phenoxy) is 2. The van der Waals surface area contributed by atoms with Crippen LogP contribution < -0.4 is 30.8 Å². The van der Waals surface area contributed by atoms with Crippen LogP contribution in [0.4, 0.5) is 17.1 Å². The van der Waals surface area contributed by atoms with Gasteiger partial charge in [-0.2, -0.15) is 0 Å². The average molecular weight is 668 g/mol. The summed E-state index contributed by atoms with van der Waals surface area (Å²) in [7, 11) is 0. The maximum atomic E-state index is 6.87. The van der Waals surface area contributed by atoms with Crippen molar-refractivity contribution in [2.75, 3.05) is 4.90 Å². The van der Waals surface area contributed by atoms with Gasteiger partial charge in [0, 0.05) is 27.9 Å². The Morgan fingerprint density at radius 3 is 1.87 bits per heavy atom. The molecule has 0 radical (unpaired) electrons. The van der Waals surface area contributed by atoms with Gasteiger partial charge in [0.05, 0.1) is 0 Å².